The molecule has 0 bridgehead atoms. The van der Waals surface area contributed by atoms with Gasteiger partial charge in [0.15, 0.2) is 0 Å². The smallest absolute Gasteiger partial charge is 0.200 e. The minimum atomic E-state index is -3.57. The molecule has 1 rings (SSSR count). The molecule has 1 aromatic rings. The molecule has 0 aliphatic heterocycles. The number of benzene rings is 1. The summed E-state index contributed by atoms with van der Waals surface area (Å²) < 4.78 is 23.8. The number of hydrogen-bond acceptors (Lipinski definition) is 3. The molecule has 4 nitrogen and oxygen atoms in total. The number of hydrazone groups is 1. The molecule has 0 aromatic heterocycles. The monoisotopic (exact) mass is 266 g/mol. The number of allylic oxidation sites excluding steroid dienone is 2. The summed E-state index contributed by atoms with van der Waals surface area (Å²) in [6.45, 7) is 7.49. The van der Waals surface area contributed by atoms with Crippen molar-refractivity contribution in [3.63, 3.8) is 0 Å². The zero-order valence-electron chi connectivity index (χ0n) is 11.1. The molecule has 0 unspecified atom stereocenters. The highest BCUT2D eigenvalue weighted by atomic mass is 32.2. The summed E-state index contributed by atoms with van der Waals surface area (Å²) in [5.74, 6) is 0. The highest BCUT2D eigenvalue weighted by Crippen LogP contribution is 2.09. The third-order valence-electron chi connectivity index (χ3n) is 2.17. The number of nitrogens with one attached hydrogen (secondary N) is 1. The van der Waals surface area contributed by atoms with Crippen molar-refractivity contribution in [1.82, 2.24) is 4.83 Å². The van der Waals surface area contributed by atoms with Crippen LogP contribution in [0.2, 0.25) is 0 Å². The fraction of sp³-hybridized carbons (Fsp3) is 0.308. The fourth-order valence-electron chi connectivity index (χ4n) is 1.35. The second-order valence-corrected chi connectivity index (χ2v) is 6.04. The standard InChI is InChI=1S/C13H18N2O2S/c1-10(2)9-12(4)14-15-18(16,17)13-7-5-11(3)6-8-13/h5-9,15H,1-4H3/b14-12-. The number of nitrogens with zero attached hydrogens (tertiary/aromatic N) is 1. The van der Waals surface area contributed by atoms with Crippen molar-refractivity contribution in [3.8, 4) is 0 Å². The Bertz CT molecular complexity index is 566. The maximum atomic E-state index is 11.9. The lowest BCUT2D eigenvalue weighted by atomic mass is 10.2. The van der Waals surface area contributed by atoms with Crippen molar-refractivity contribution in [2.75, 3.05) is 0 Å². The van der Waals surface area contributed by atoms with Crippen LogP contribution in [0.3, 0.4) is 0 Å². The first kappa shape index (κ1) is 14.4. The average molecular weight is 266 g/mol. The second kappa shape index (κ2) is 5.82. The Labute approximate surface area is 108 Å². The van der Waals surface area contributed by atoms with Crippen LogP contribution in [-0.4, -0.2) is 14.1 Å². The second-order valence-electron chi connectivity index (χ2n) is 4.38. The van der Waals surface area contributed by atoms with Crippen LogP contribution in [0.5, 0.6) is 0 Å². The van der Waals surface area contributed by atoms with Gasteiger partial charge >= 0.3 is 0 Å². The largest absolute Gasteiger partial charge is 0.276 e. The van der Waals surface area contributed by atoms with Crippen LogP contribution < -0.4 is 4.83 Å². The van der Waals surface area contributed by atoms with Crippen molar-refractivity contribution >= 4 is 15.7 Å². The van der Waals surface area contributed by atoms with Gasteiger partial charge in [-0.25, -0.2) is 0 Å². The van der Waals surface area contributed by atoms with Crippen LogP contribution in [0.4, 0.5) is 0 Å². The molecule has 0 saturated heterocycles. The molecule has 0 aliphatic carbocycles. The third kappa shape index (κ3) is 4.33. The van der Waals surface area contributed by atoms with E-state index in [1.54, 1.807) is 37.3 Å². The van der Waals surface area contributed by atoms with Crippen molar-refractivity contribution in [2.45, 2.75) is 32.6 Å². The topological polar surface area (TPSA) is 58.5 Å². The molecular formula is C13H18N2O2S. The average Bonchev–Trinajstić information content (AvgIpc) is 2.26. The summed E-state index contributed by atoms with van der Waals surface area (Å²) in [4.78, 5) is 2.43. The Morgan fingerprint density at radius 3 is 2.22 bits per heavy atom. The first-order valence-electron chi connectivity index (χ1n) is 5.59. The first-order chi connectivity index (χ1) is 8.31. The van der Waals surface area contributed by atoms with Gasteiger partial charge in [-0.05, 0) is 45.9 Å². The minimum absolute atomic E-state index is 0.210. The summed E-state index contributed by atoms with van der Waals surface area (Å²) in [5, 5.41) is 3.84. The van der Waals surface area contributed by atoms with Gasteiger partial charge in [0.05, 0.1) is 10.6 Å². The Balaban J connectivity index is 2.90. The van der Waals surface area contributed by atoms with E-state index in [1.807, 2.05) is 20.8 Å². The summed E-state index contributed by atoms with van der Waals surface area (Å²) in [6, 6.07) is 6.62. The molecule has 0 atom stereocenters. The van der Waals surface area contributed by atoms with Gasteiger partial charge in [-0.3, -0.25) is 0 Å². The van der Waals surface area contributed by atoms with Crippen LogP contribution in [0.1, 0.15) is 26.3 Å². The van der Waals surface area contributed by atoms with Gasteiger partial charge in [-0.15, -0.1) is 0 Å². The molecule has 98 valence electrons. The highest BCUT2D eigenvalue weighted by molar-refractivity contribution is 7.89. The molecule has 0 fully saturated rings. The molecule has 18 heavy (non-hydrogen) atoms. The fourth-order valence-corrected chi connectivity index (χ4v) is 2.22. The third-order valence-corrected chi connectivity index (χ3v) is 3.40. The van der Waals surface area contributed by atoms with E-state index in [2.05, 4.69) is 9.93 Å². The van der Waals surface area contributed by atoms with Gasteiger partial charge in [-0.2, -0.15) is 18.4 Å². The Morgan fingerprint density at radius 2 is 1.72 bits per heavy atom. The lowest BCUT2D eigenvalue weighted by molar-refractivity contribution is 0.584. The quantitative estimate of drug-likeness (QED) is 0.672. The molecule has 0 heterocycles. The van der Waals surface area contributed by atoms with Crippen LogP contribution in [0.25, 0.3) is 0 Å². The number of rotatable bonds is 4. The summed E-state index contributed by atoms with van der Waals surface area (Å²) >= 11 is 0. The highest BCUT2D eigenvalue weighted by Gasteiger charge is 2.11. The zero-order chi connectivity index (χ0) is 13.8. The summed E-state index contributed by atoms with van der Waals surface area (Å²) in [5.41, 5.74) is 2.69. The van der Waals surface area contributed by atoms with Crippen molar-refractivity contribution in [1.29, 1.82) is 0 Å². The first-order valence-corrected chi connectivity index (χ1v) is 7.07. The van der Waals surface area contributed by atoms with Crippen molar-refractivity contribution in [3.05, 3.63) is 41.5 Å². The lowest BCUT2D eigenvalue weighted by Crippen LogP contribution is -2.19. The van der Waals surface area contributed by atoms with Gasteiger partial charge in [0, 0.05) is 0 Å². The van der Waals surface area contributed by atoms with E-state index in [1.165, 1.54) is 0 Å². The number of aryl methyl sites for hydroxylation is 1. The normalized spacial score (nSPS) is 12.1. The Hall–Kier alpha value is -1.62. The molecular weight excluding hydrogens is 248 g/mol. The van der Waals surface area contributed by atoms with E-state index in [0.29, 0.717) is 5.71 Å². The van der Waals surface area contributed by atoms with Gasteiger partial charge in [-0.1, -0.05) is 23.3 Å². The minimum Gasteiger partial charge on any atom is -0.200 e. The maximum Gasteiger partial charge on any atom is 0.276 e. The van der Waals surface area contributed by atoms with E-state index in [9.17, 15) is 8.42 Å². The molecule has 0 saturated carbocycles. The molecule has 0 aliphatic rings. The summed E-state index contributed by atoms with van der Waals surface area (Å²) in [7, 11) is -3.57. The Morgan fingerprint density at radius 1 is 1.17 bits per heavy atom. The van der Waals surface area contributed by atoms with E-state index >= 15 is 0 Å². The lowest BCUT2D eigenvalue weighted by Gasteiger charge is -2.04. The predicted octanol–water partition coefficient (Wildman–Crippen LogP) is 2.62. The predicted molar refractivity (Wildman–Crippen MR) is 74.0 cm³/mol. The molecule has 0 radical (unpaired) electrons. The number of hydrogen-bond donors (Lipinski definition) is 1. The van der Waals surface area contributed by atoms with Crippen LogP contribution in [0, 0.1) is 6.92 Å². The van der Waals surface area contributed by atoms with Crippen LogP contribution >= 0.6 is 0 Å². The van der Waals surface area contributed by atoms with E-state index in [-0.39, 0.29) is 4.90 Å². The van der Waals surface area contributed by atoms with Gasteiger partial charge in [0.2, 0.25) is 0 Å². The van der Waals surface area contributed by atoms with Gasteiger partial charge in [0.25, 0.3) is 10.0 Å². The molecule has 0 amide bonds. The van der Waals surface area contributed by atoms with Crippen molar-refractivity contribution < 1.29 is 8.42 Å². The summed E-state index contributed by atoms with van der Waals surface area (Å²) in [6.07, 6.45) is 1.80. The number of sulfonamides is 1. The molecule has 5 heteroatoms. The van der Waals surface area contributed by atoms with E-state index in [4.69, 9.17) is 0 Å². The maximum absolute atomic E-state index is 11.9. The molecule has 1 aromatic carbocycles. The molecule has 1 N–H and O–H groups in total. The van der Waals surface area contributed by atoms with E-state index < -0.39 is 10.0 Å². The van der Waals surface area contributed by atoms with Gasteiger partial charge in [0.1, 0.15) is 0 Å². The zero-order valence-corrected chi connectivity index (χ0v) is 11.9. The Kier molecular flexibility index (Phi) is 4.67. The van der Waals surface area contributed by atoms with Gasteiger partial charge < -0.3 is 0 Å². The van der Waals surface area contributed by atoms with E-state index in [0.717, 1.165) is 11.1 Å². The molecule has 0 spiro atoms. The van der Waals surface area contributed by atoms with Crippen molar-refractivity contribution in [2.24, 2.45) is 5.10 Å². The SMILES string of the molecule is CC(C)=C/C(C)=N\NS(=O)(=O)c1ccc(C)cc1. The van der Waals surface area contributed by atoms with Crippen LogP contribution in [-0.2, 0) is 10.0 Å². The van der Waals surface area contributed by atoms with Crippen LogP contribution in [0.15, 0.2) is 45.9 Å².